The lowest BCUT2D eigenvalue weighted by Gasteiger charge is -2.31. The van der Waals surface area contributed by atoms with E-state index in [4.69, 9.17) is 9.26 Å². The lowest BCUT2D eigenvalue weighted by molar-refractivity contribution is 0.0483. The van der Waals surface area contributed by atoms with E-state index in [1.165, 1.54) is 0 Å². The molecule has 2 unspecified atom stereocenters. The molecule has 2 aliphatic carbocycles. The van der Waals surface area contributed by atoms with Gasteiger partial charge in [-0.25, -0.2) is 4.79 Å². The number of hydrogen-bond donors (Lipinski definition) is 1. The smallest absolute Gasteiger partial charge is 0.407 e. The number of ether oxygens (including phenoxy) is 1. The monoisotopic (exact) mass is 307 g/mol. The van der Waals surface area contributed by atoms with Gasteiger partial charge in [0.05, 0.1) is 0 Å². The highest BCUT2D eigenvalue weighted by atomic mass is 16.6. The summed E-state index contributed by atoms with van der Waals surface area (Å²) in [5, 5.41) is 7.15. The number of alkyl carbamates (subject to hydrolysis) is 1. The second-order valence-electron chi connectivity index (χ2n) is 7.41. The Morgan fingerprint density at radius 2 is 1.95 bits per heavy atom. The molecule has 2 saturated carbocycles. The van der Waals surface area contributed by atoms with Gasteiger partial charge >= 0.3 is 6.09 Å². The fraction of sp³-hybridized carbons (Fsp3) is 0.812. The van der Waals surface area contributed by atoms with Gasteiger partial charge in [0.25, 0.3) is 0 Å². The number of nitrogens with one attached hydrogen (secondary N) is 1. The number of aromatic nitrogens is 2. The van der Waals surface area contributed by atoms with Crippen molar-refractivity contribution in [2.45, 2.75) is 82.8 Å². The zero-order valence-corrected chi connectivity index (χ0v) is 13.6. The van der Waals surface area contributed by atoms with E-state index in [9.17, 15) is 4.79 Å². The third-order valence-corrected chi connectivity index (χ3v) is 4.18. The summed E-state index contributed by atoms with van der Waals surface area (Å²) in [6.07, 6.45) is 6.06. The molecule has 1 amide bonds. The zero-order valence-electron chi connectivity index (χ0n) is 13.6. The van der Waals surface area contributed by atoms with Crippen LogP contribution >= 0.6 is 0 Å². The minimum Gasteiger partial charge on any atom is -0.444 e. The van der Waals surface area contributed by atoms with Crippen LogP contribution in [0.5, 0.6) is 0 Å². The summed E-state index contributed by atoms with van der Waals surface area (Å²) in [5.41, 5.74) is -0.487. The molecule has 2 fully saturated rings. The Morgan fingerprint density at radius 3 is 2.64 bits per heavy atom. The maximum atomic E-state index is 12.0. The number of carbonyl (C=O) groups is 1. The molecule has 3 rings (SSSR count). The van der Waals surface area contributed by atoms with Crippen LogP contribution in [0.2, 0.25) is 0 Å². The van der Waals surface area contributed by atoms with Crippen molar-refractivity contribution in [3.63, 3.8) is 0 Å². The van der Waals surface area contributed by atoms with Gasteiger partial charge in [-0.05, 0) is 46.5 Å². The summed E-state index contributed by atoms with van der Waals surface area (Å²) in [5.74, 6) is 2.08. The molecule has 6 heteroatoms. The summed E-state index contributed by atoms with van der Waals surface area (Å²) in [4.78, 5) is 16.6. The molecule has 1 heterocycles. The van der Waals surface area contributed by atoms with E-state index in [0.29, 0.717) is 5.92 Å². The third kappa shape index (κ3) is 3.78. The van der Waals surface area contributed by atoms with Crippen molar-refractivity contribution in [2.75, 3.05) is 0 Å². The molecule has 0 saturated heterocycles. The van der Waals surface area contributed by atoms with E-state index >= 15 is 0 Å². The fourth-order valence-corrected chi connectivity index (χ4v) is 2.97. The number of carbonyl (C=O) groups excluding carboxylic acids is 1. The van der Waals surface area contributed by atoms with Crippen LogP contribution in [0, 0.1) is 0 Å². The third-order valence-electron chi connectivity index (χ3n) is 4.18. The van der Waals surface area contributed by atoms with Crippen LogP contribution < -0.4 is 5.32 Å². The molecule has 0 aromatic carbocycles. The van der Waals surface area contributed by atoms with Crippen LogP contribution in [-0.4, -0.2) is 27.9 Å². The molecule has 0 spiro atoms. The van der Waals surface area contributed by atoms with Crippen LogP contribution in [0.4, 0.5) is 4.79 Å². The first-order valence-corrected chi connectivity index (χ1v) is 8.25. The van der Waals surface area contributed by atoms with E-state index in [-0.39, 0.29) is 18.1 Å². The van der Waals surface area contributed by atoms with E-state index in [1.807, 2.05) is 20.8 Å². The zero-order chi connectivity index (χ0) is 15.7. The molecule has 1 aromatic rings. The van der Waals surface area contributed by atoms with Crippen LogP contribution in [0.15, 0.2) is 4.52 Å². The van der Waals surface area contributed by atoms with Crippen LogP contribution in [0.1, 0.15) is 82.8 Å². The number of rotatable bonds is 3. The van der Waals surface area contributed by atoms with Crippen molar-refractivity contribution in [1.82, 2.24) is 15.5 Å². The van der Waals surface area contributed by atoms with Crippen molar-refractivity contribution in [1.29, 1.82) is 0 Å². The first-order chi connectivity index (χ1) is 10.4. The highest BCUT2D eigenvalue weighted by Gasteiger charge is 2.35. The Labute approximate surface area is 131 Å². The van der Waals surface area contributed by atoms with Crippen LogP contribution in [-0.2, 0) is 4.74 Å². The second-order valence-corrected chi connectivity index (χ2v) is 7.41. The molecule has 1 N–H and O–H groups in total. The predicted octanol–water partition coefficient (Wildman–Crippen LogP) is 3.50. The molecule has 6 nitrogen and oxygen atoms in total. The molecular formula is C16H25N3O3. The predicted molar refractivity (Wildman–Crippen MR) is 80.6 cm³/mol. The molecule has 22 heavy (non-hydrogen) atoms. The Hall–Kier alpha value is -1.59. The van der Waals surface area contributed by atoms with Gasteiger partial charge in [0.15, 0.2) is 5.82 Å². The SMILES string of the molecule is CC(C)(C)OC(=O)NC1CCCCC1c1noc(C2CC2)n1. The van der Waals surface area contributed by atoms with Crippen LogP contribution in [0.25, 0.3) is 0 Å². The maximum absolute atomic E-state index is 12.0. The molecule has 0 bridgehead atoms. The summed E-state index contributed by atoms with van der Waals surface area (Å²) >= 11 is 0. The Balaban J connectivity index is 1.66. The summed E-state index contributed by atoms with van der Waals surface area (Å²) in [7, 11) is 0. The maximum Gasteiger partial charge on any atom is 0.407 e. The molecule has 2 aliphatic rings. The number of amides is 1. The first kappa shape index (κ1) is 15.3. The molecule has 0 aliphatic heterocycles. The van der Waals surface area contributed by atoms with Gasteiger partial charge in [-0.1, -0.05) is 18.0 Å². The van der Waals surface area contributed by atoms with Crippen molar-refractivity contribution in [3.05, 3.63) is 11.7 Å². The minimum absolute atomic E-state index is 0.0215. The van der Waals surface area contributed by atoms with Gasteiger partial charge in [-0.3, -0.25) is 0 Å². The van der Waals surface area contributed by atoms with Crippen LogP contribution in [0.3, 0.4) is 0 Å². The first-order valence-electron chi connectivity index (χ1n) is 8.25. The minimum atomic E-state index is -0.487. The van der Waals surface area contributed by atoms with E-state index in [1.54, 1.807) is 0 Å². The number of nitrogens with zero attached hydrogens (tertiary/aromatic N) is 2. The van der Waals surface area contributed by atoms with Gasteiger partial charge in [-0.2, -0.15) is 4.98 Å². The van der Waals surface area contributed by atoms with Gasteiger partial charge in [0.2, 0.25) is 5.89 Å². The summed E-state index contributed by atoms with van der Waals surface area (Å²) in [6, 6.07) is 0.0215. The lowest BCUT2D eigenvalue weighted by Crippen LogP contribution is -2.43. The molecular weight excluding hydrogens is 282 g/mol. The lowest BCUT2D eigenvalue weighted by atomic mass is 9.84. The highest BCUT2D eigenvalue weighted by molar-refractivity contribution is 5.68. The average molecular weight is 307 g/mol. The summed E-state index contributed by atoms with van der Waals surface area (Å²) < 4.78 is 10.7. The van der Waals surface area contributed by atoms with E-state index in [2.05, 4.69) is 15.5 Å². The van der Waals surface area contributed by atoms with Gasteiger partial charge in [-0.15, -0.1) is 0 Å². The summed E-state index contributed by atoms with van der Waals surface area (Å²) in [6.45, 7) is 5.60. The van der Waals surface area contributed by atoms with Crippen molar-refractivity contribution in [3.8, 4) is 0 Å². The van der Waals surface area contributed by atoms with Gasteiger partial charge in [0.1, 0.15) is 5.60 Å². The average Bonchev–Trinajstić information content (AvgIpc) is 3.15. The van der Waals surface area contributed by atoms with Crippen molar-refractivity contribution in [2.24, 2.45) is 0 Å². The second kappa shape index (κ2) is 5.89. The van der Waals surface area contributed by atoms with Gasteiger partial charge in [0, 0.05) is 17.9 Å². The standard InChI is InChI=1S/C16H25N3O3/c1-16(2,3)21-15(20)17-12-7-5-4-6-11(12)13-18-14(22-19-13)10-8-9-10/h10-12H,4-9H2,1-3H3,(H,17,20). The van der Waals surface area contributed by atoms with Crippen molar-refractivity contribution < 1.29 is 14.1 Å². The Bertz CT molecular complexity index is 531. The molecule has 1 aromatic heterocycles. The van der Waals surface area contributed by atoms with E-state index < -0.39 is 5.60 Å². The highest BCUT2D eigenvalue weighted by Crippen LogP contribution is 2.40. The Kier molecular flexibility index (Phi) is 4.10. The molecule has 122 valence electrons. The topological polar surface area (TPSA) is 77.2 Å². The number of hydrogen-bond acceptors (Lipinski definition) is 5. The largest absolute Gasteiger partial charge is 0.444 e. The van der Waals surface area contributed by atoms with Crippen molar-refractivity contribution >= 4 is 6.09 Å². The quantitative estimate of drug-likeness (QED) is 0.924. The molecule has 2 atom stereocenters. The van der Waals surface area contributed by atoms with E-state index in [0.717, 1.165) is 50.2 Å². The molecule has 0 radical (unpaired) electrons. The Morgan fingerprint density at radius 1 is 1.23 bits per heavy atom. The fourth-order valence-electron chi connectivity index (χ4n) is 2.97. The normalized spacial score (nSPS) is 25.8. The van der Waals surface area contributed by atoms with Gasteiger partial charge < -0.3 is 14.6 Å².